The molecule has 0 N–H and O–H groups in total. The molecule has 0 bridgehead atoms. The Hall–Kier alpha value is -0.570. The van der Waals surface area contributed by atoms with Gasteiger partial charge >= 0.3 is 5.97 Å². The van der Waals surface area contributed by atoms with Crippen LogP contribution < -0.4 is 0 Å². The number of hydrogen-bond donors (Lipinski definition) is 0. The van der Waals surface area contributed by atoms with Gasteiger partial charge in [0.2, 0.25) is 0 Å². The number of carbonyl (C=O) groups excluding carboxylic acids is 1. The van der Waals surface area contributed by atoms with Crippen molar-refractivity contribution in [2.45, 2.75) is 64.9 Å². The first-order valence-electron chi connectivity index (χ1n) is 6.90. The lowest BCUT2D eigenvalue weighted by Crippen LogP contribution is -2.21. The molecule has 0 aliphatic heterocycles. The van der Waals surface area contributed by atoms with Gasteiger partial charge in [-0.05, 0) is 33.9 Å². The smallest absolute Gasteiger partial charge is 0.306 e. The van der Waals surface area contributed by atoms with Crippen LogP contribution in [-0.2, 0) is 9.53 Å². The molecule has 0 amide bonds. The van der Waals surface area contributed by atoms with Gasteiger partial charge in [0.15, 0.2) is 0 Å². The highest BCUT2D eigenvalue weighted by molar-refractivity contribution is 5.69. The molecule has 0 saturated carbocycles. The molecule has 3 heteroatoms. The normalized spacial score (nSPS) is 12.8. The van der Waals surface area contributed by atoms with Crippen LogP contribution in [0, 0.1) is 0 Å². The monoisotopic (exact) mass is 243 g/mol. The summed E-state index contributed by atoms with van der Waals surface area (Å²) in [6.45, 7) is 5.13. The molecule has 0 rings (SSSR count). The molecular formula is C14H29NO2. The lowest BCUT2D eigenvalue weighted by molar-refractivity contribution is -0.148. The molecule has 17 heavy (non-hydrogen) atoms. The van der Waals surface area contributed by atoms with E-state index in [1.165, 1.54) is 19.3 Å². The zero-order valence-corrected chi connectivity index (χ0v) is 12.0. The fourth-order valence-electron chi connectivity index (χ4n) is 1.66. The lowest BCUT2D eigenvalue weighted by atomic mass is 10.1. The summed E-state index contributed by atoms with van der Waals surface area (Å²) in [6.07, 6.45) is 7.40. The molecule has 0 aromatic carbocycles. The first kappa shape index (κ1) is 16.4. The standard InChI is InChI=1S/C14H29NO2/c1-5-6-7-8-9-10-14(16)17-13(2)11-12-15(3)4/h13H,5-12H2,1-4H3. The number of rotatable bonds is 10. The third-order valence-corrected chi connectivity index (χ3v) is 2.80. The molecule has 0 aliphatic rings. The third-order valence-electron chi connectivity index (χ3n) is 2.80. The van der Waals surface area contributed by atoms with Gasteiger partial charge < -0.3 is 9.64 Å². The molecule has 0 aliphatic carbocycles. The number of unbranched alkanes of at least 4 members (excludes halogenated alkanes) is 4. The third kappa shape index (κ3) is 11.7. The Morgan fingerprint density at radius 3 is 2.41 bits per heavy atom. The predicted molar refractivity (Wildman–Crippen MR) is 72.1 cm³/mol. The van der Waals surface area contributed by atoms with Gasteiger partial charge in [0.05, 0.1) is 0 Å². The maximum atomic E-state index is 11.5. The number of ether oxygens (including phenoxy) is 1. The van der Waals surface area contributed by atoms with E-state index < -0.39 is 0 Å². The van der Waals surface area contributed by atoms with Crippen LogP contribution >= 0.6 is 0 Å². The Labute approximate surface area is 107 Å². The van der Waals surface area contributed by atoms with Crippen LogP contribution in [0.15, 0.2) is 0 Å². The summed E-state index contributed by atoms with van der Waals surface area (Å²) in [5.41, 5.74) is 0. The second-order valence-corrected chi connectivity index (χ2v) is 5.06. The van der Waals surface area contributed by atoms with Crippen LogP contribution in [0.1, 0.15) is 58.8 Å². The van der Waals surface area contributed by atoms with E-state index in [1.807, 2.05) is 21.0 Å². The molecule has 0 aromatic rings. The average molecular weight is 243 g/mol. The summed E-state index contributed by atoms with van der Waals surface area (Å²) in [5, 5.41) is 0. The Bertz CT molecular complexity index is 193. The minimum absolute atomic E-state index is 0.0345. The van der Waals surface area contributed by atoms with Gasteiger partial charge in [-0.3, -0.25) is 4.79 Å². The number of hydrogen-bond acceptors (Lipinski definition) is 3. The maximum absolute atomic E-state index is 11.5. The molecule has 0 heterocycles. The molecule has 102 valence electrons. The summed E-state index contributed by atoms with van der Waals surface area (Å²) >= 11 is 0. The van der Waals surface area contributed by atoms with Gasteiger partial charge in [0, 0.05) is 13.0 Å². The molecule has 1 unspecified atom stereocenters. The second kappa shape index (κ2) is 10.6. The second-order valence-electron chi connectivity index (χ2n) is 5.06. The minimum atomic E-state index is -0.0345. The van der Waals surface area contributed by atoms with Crippen molar-refractivity contribution in [2.24, 2.45) is 0 Å². The van der Waals surface area contributed by atoms with E-state index in [0.29, 0.717) is 6.42 Å². The summed E-state index contributed by atoms with van der Waals surface area (Å²) < 4.78 is 5.34. The fourth-order valence-corrected chi connectivity index (χ4v) is 1.66. The highest BCUT2D eigenvalue weighted by Gasteiger charge is 2.09. The summed E-state index contributed by atoms with van der Waals surface area (Å²) in [4.78, 5) is 13.6. The van der Waals surface area contributed by atoms with E-state index in [2.05, 4.69) is 11.8 Å². The number of nitrogens with zero attached hydrogens (tertiary/aromatic N) is 1. The van der Waals surface area contributed by atoms with Crippen molar-refractivity contribution in [1.82, 2.24) is 4.90 Å². The van der Waals surface area contributed by atoms with Crippen molar-refractivity contribution in [3.8, 4) is 0 Å². The van der Waals surface area contributed by atoms with Crippen molar-refractivity contribution >= 4 is 5.97 Å². The van der Waals surface area contributed by atoms with Crippen LogP contribution in [0.5, 0.6) is 0 Å². The summed E-state index contributed by atoms with van der Waals surface area (Å²) in [6, 6.07) is 0. The Kier molecular flexibility index (Phi) is 10.2. The number of carbonyl (C=O) groups is 1. The topological polar surface area (TPSA) is 29.5 Å². The van der Waals surface area contributed by atoms with Gasteiger partial charge in [-0.2, -0.15) is 0 Å². The van der Waals surface area contributed by atoms with Gasteiger partial charge in [0.1, 0.15) is 6.10 Å². The van der Waals surface area contributed by atoms with Gasteiger partial charge in [-0.25, -0.2) is 0 Å². The summed E-state index contributed by atoms with van der Waals surface area (Å²) in [5.74, 6) is -0.0345. The molecular weight excluding hydrogens is 214 g/mol. The van der Waals surface area contributed by atoms with Crippen LogP contribution in [0.3, 0.4) is 0 Å². The maximum Gasteiger partial charge on any atom is 0.306 e. The minimum Gasteiger partial charge on any atom is -0.463 e. The van der Waals surface area contributed by atoms with E-state index in [4.69, 9.17) is 4.74 Å². The average Bonchev–Trinajstić information content (AvgIpc) is 2.26. The van der Waals surface area contributed by atoms with Gasteiger partial charge in [0.25, 0.3) is 0 Å². The van der Waals surface area contributed by atoms with Crippen molar-refractivity contribution < 1.29 is 9.53 Å². The number of esters is 1. The largest absolute Gasteiger partial charge is 0.463 e. The fraction of sp³-hybridized carbons (Fsp3) is 0.929. The molecule has 0 fully saturated rings. The zero-order valence-electron chi connectivity index (χ0n) is 12.0. The Morgan fingerprint density at radius 2 is 1.82 bits per heavy atom. The van der Waals surface area contributed by atoms with E-state index in [1.54, 1.807) is 0 Å². The Morgan fingerprint density at radius 1 is 1.18 bits per heavy atom. The van der Waals surface area contributed by atoms with Crippen LogP contribution in [0.2, 0.25) is 0 Å². The van der Waals surface area contributed by atoms with Crippen LogP contribution in [-0.4, -0.2) is 37.6 Å². The lowest BCUT2D eigenvalue weighted by Gasteiger charge is -2.16. The zero-order chi connectivity index (χ0) is 13.1. The highest BCUT2D eigenvalue weighted by Crippen LogP contribution is 2.07. The van der Waals surface area contributed by atoms with Crippen molar-refractivity contribution in [2.75, 3.05) is 20.6 Å². The van der Waals surface area contributed by atoms with E-state index in [-0.39, 0.29) is 12.1 Å². The molecule has 0 radical (unpaired) electrons. The molecule has 0 aromatic heterocycles. The van der Waals surface area contributed by atoms with Crippen LogP contribution in [0.4, 0.5) is 0 Å². The predicted octanol–water partition coefficient (Wildman–Crippen LogP) is 3.23. The van der Waals surface area contributed by atoms with Gasteiger partial charge in [-0.1, -0.05) is 32.6 Å². The quantitative estimate of drug-likeness (QED) is 0.436. The van der Waals surface area contributed by atoms with Gasteiger partial charge in [-0.15, -0.1) is 0 Å². The molecule has 0 spiro atoms. The van der Waals surface area contributed by atoms with E-state index >= 15 is 0 Å². The van der Waals surface area contributed by atoms with Crippen molar-refractivity contribution in [3.05, 3.63) is 0 Å². The molecule has 1 atom stereocenters. The van der Waals surface area contributed by atoms with Crippen molar-refractivity contribution in [3.63, 3.8) is 0 Å². The van der Waals surface area contributed by atoms with Crippen molar-refractivity contribution in [1.29, 1.82) is 0 Å². The first-order valence-corrected chi connectivity index (χ1v) is 6.90. The first-order chi connectivity index (χ1) is 8.06. The molecule has 3 nitrogen and oxygen atoms in total. The Balaban J connectivity index is 3.44. The SMILES string of the molecule is CCCCCCCC(=O)OC(C)CCN(C)C. The van der Waals surface area contributed by atoms with Crippen LogP contribution in [0.25, 0.3) is 0 Å². The highest BCUT2D eigenvalue weighted by atomic mass is 16.5. The molecule has 0 saturated heterocycles. The summed E-state index contributed by atoms with van der Waals surface area (Å²) in [7, 11) is 4.06. The van der Waals surface area contributed by atoms with E-state index in [0.717, 1.165) is 25.8 Å². The van der Waals surface area contributed by atoms with E-state index in [9.17, 15) is 4.79 Å².